The Balaban J connectivity index is 2.32. The van der Waals surface area contributed by atoms with E-state index in [4.69, 9.17) is 11.6 Å². The first-order valence-corrected chi connectivity index (χ1v) is 6.21. The molecule has 1 atom stereocenters. The SMILES string of the molecule is Cc1ccnc(C(Cc2ccccc2Cl)C(=O)O)n1. The van der Waals surface area contributed by atoms with Gasteiger partial charge < -0.3 is 5.11 Å². The Morgan fingerprint density at radius 2 is 2.11 bits per heavy atom. The minimum atomic E-state index is -0.953. The monoisotopic (exact) mass is 276 g/mol. The molecule has 0 radical (unpaired) electrons. The normalized spacial score (nSPS) is 12.1. The molecule has 0 aliphatic rings. The van der Waals surface area contributed by atoms with Crippen molar-refractivity contribution in [3.05, 3.63) is 58.6 Å². The van der Waals surface area contributed by atoms with Crippen LogP contribution in [-0.4, -0.2) is 21.0 Å². The second-order valence-corrected chi connectivity index (χ2v) is 4.65. The van der Waals surface area contributed by atoms with E-state index in [9.17, 15) is 9.90 Å². The third-order valence-corrected chi connectivity index (χ3v) is 3.17. The molecule has 0 aliphatic carbocycles. The molecule has 1 N–H and O–H groups in total. The van der Waals surface area contributed by atoms with Crippen LogP contribution in [-0.2, 0) is 11.2 Å². The summed E-state index contributed by atoms with van der Waals surface area (Å²) < 4.78 is 0. The lowest BCUT2D eigenvalue weighted by Crippen LogP contribution is -2.17. The quantitative estimate of drug-likeness (QED) is 0.933. The van der Waals surface area contributed by atoms with E-state index in [2.05, 4.69) is 9.97 Å². The molecule has 0 saturated heterocycles. The van der Waals surface area contributed by atoms with E-state index in [1.807, 2.05) is 18.2 Å². The number of carboxylic acid groups (broad SMARTS) is 1. The Bertz CT molecular complexity index is 602. The first-order valence-electron chi connectivity index (χ1n) is 5.83. The van der Waals surface area contributed by atoms with Crippen LogP contribution in [0.15, 0.2) is 36.5 Å². The van der Waals surface area contributed by atoms with Crippen LogP contribution >= 0.6 is 11.6 Å². The van der Waals surface area contributed by atoms with Gasteiger partial charge in [-0.2, -0.15) is 0 Å². The fourth-order valence-electron chi connectivity index (χ4n) is 1.81. The Morgan fingerprint density at radius 1 is 1.37 bits per heavy atom. The van der Waals surface area contributed by atoms with Crippen LogP contribution in [0.3, 0.4) is 0 Å². The molecule has 19 heavy (non-hydrogen) atoms. The molecule has 0 bridgehead atoms. The van der Waals surface area contributed by atoms with Crippen molar-refractivity contribution in [2.75, 3.05) is 0 Å². The summed E-state index contributed by atoms with van der Waals surface area (Å²) in [4.78, 5) is 19.6. The number of aromatic nitrogens is 2. The zero-order valence-electron chi connectivity index (χ0n) is 10.4. The van der Waals surface area contributed by atoms with E-state index in [0.29, 0.717) is 10.8 Å². The first kappa shape index (κ1) is 13.5. The summed E-state index contributed by atoms with van der Waals surface area (Å²) >= 11 is 6.06. The molecule has 1 heterocycles. The first-order chi connectivity index (χ1) is 9.08. The second kappa shape index (κ2) is 5.80. The maximum absolute atomic E-state index is 11.4. The highest BCUT2D eigenvalue weighted by Crippen LogP contribution is 2.23. The number of aliphatic carboxylic acids is 1. The molecule has 98 valence electrons. The Hall–Kier alpha value is -1.94. The van der Waals surface area contributed by atoms with Crippen LogP contribution in [0.25, 0.3) is 0 Å². The average Bonchev–Trinajstić information content (AvgIpc) is 2.37. The predicted molar refractivity (Wildman–Crippen MR) is 72.3 cm³/mol. The number of rotatable bonds is 4. The summed E-state index contributed by atoms with van der Waals surface area (Å²) in [7, 11) is 0. The topological polar surface area (TPSA) is 63.1 Å². The van der Waals surface area contributed by atoms with Gasteiger partial charge in [0.25, 0.3) is 0 Å². The van der Waals surface area contributed by atoms with Gasteiger partial charge in [0, 0.05) is 16.9 Å². The van der Waals surface area contributed by atoms with E-state index in [1.165, 1.54) is 0 Å². The minimum Gasteiger partial charge on any atom is -0.481 e. The van der Waals surface area contributed by atoms with Crippen LogP contribution in [0.5, 0.6) is 0 Å². The standard InChI is InChI=1S/C14H13ClN2O2/c1-9-6-7-16-13(17-9)11(14(18)19)8-10-4-2-3-5-12(10)15/h2-7,11H,8H2,1H3,(H,18,19). The van der Waals surface area contributed by atoms with Crippen LogP contribution in [0.1, 0.15) is 23.0 Å². The van der Waals surface area contributed by atoms with Crippen molar-refractivity contribution in [3.63, 3.8) is 0 Å². The number of aryl methyl sites for hydroxylation is 1. The lowest BCUT2D eigenvalue weighted by Gasteiger charge is -2.12. The number of halogens is 1. The molecule has 1 aromatic heterocycles. The summed E-state index contributed by atoms with van der Waals surface area (Å²) in [5.74, 6) is -1.43. The van der Waals surface area contributed by atoms with E-state index in [-0.39, 0.29) is 6.42 Å². The van der Waals surface area contributed by atoms with E-state index < -0.39 is 11.9 Å². The van der Waals surface area contributed by atoms with Gasteiger partial charge in [0.05, 0.1) is 0 Å². The zero-order valence-corrected chi connectivity index (χ0v) is 11.1. The number of hydrogen-bond donors (Lipinski definition) is 1. The Kier molecular flexibility index (Phi) is 4.12. The van der Waals surface area contributed by atoms with E-state index >= 15 is 0 Å². The van der Waals surface area contributed by atoms with E-state index in [0.717, 1.165) is 11.3 Å². The van der Waals surface area contributed by atoms with Gasteiger partial charge in [-0.3, -0.25) is 4.79 Å². The average molecular weight is 277 g/mol. The van der Waals surface area contributed by atoms with Gasteiger partial charge in [-0.25, -0.2) is 9.97 Å². The van der Waals surface area contributed by atoms with Crippen LogP contribution in [0, 0.1) is 6.92 Å². The molecule has 1 unspecified atom stereocenters. The highest BCUT2D eigenvalue weighted by atomic mass is 35.5. The zero-order chi connectivity index (χ0) is 13.8. The second-order valence-electron chi connectivity index (χ2n) is 4.24. The van der Waals surface area contributed by atoms with Crippen molar-refractivity contribution in [1.29, 1.82) is 0 Å². The molecule has 1 aromatic carbocycles. The molecular formula is C14H13ClN2O2. The highest BCUT2D eigenvalue weighted by molar-refractivity contribution is 6.31. The molecule has 0 spiro atoms. The lowest BCUT2D eigenvalue weighted by molar-refractivity contribution is -0.139. The summed E-state index contributed by atoms with van der Waals surface area (Å²) in [5, 5.41) is 9.90. The molecule has 0 saturated carbocycles. The largest absolute Gasteiger partial charge is 0.481 e. The molecule has 4 nitrogen and oxygen atoms in total. The van der Waals surface area contributed by atoms with Gasteiger partial charge in [0.1, 0.15) is 11.7 Å². The van der Waals surface area contributed by atoms with Crippen molar-refractivity contribution in [2.45, 2.75) is 19.3 Å². The van der Waals surface area contributed by atoms with Crippen molar-refractivity contribution in [2.24, 2.45) is 0 Å². The smallest absolute Gasteiger partial charge is 0.314 e. The van der Waals surface area contributed by atoms with Crippen molar-refractivity contribution in [3.8, 4) is 0 Å². The summed E-state index contributed by atoms with van der Waals surface area (Å²) in [6.45, 7) is 1.81. The third kappa shape index (κ3) is 3.29. The van der Waals surface area contributed by atoms with Gasteiger partial charge in [0.2, 0.25) is 0 Å². The number of nitrogens with zero attached hydrogens (tertiary/aromatic N) is 2. The fraction of sp³-hybridized carbons (Fsp3) is 0.214. The summed E-state index contributed by atoms with van der Waals surface area (Å²) in [6, 6.07) is 8.93. The lowest BCUT2D eigenvalue weighted by atomic mass is 9.98. The van der Waals surface area contributed by atoms with Gasteiger partial charge in [-0.15, -0.1) is 0 Å². The molecule has 2 rings (SSSR count). The van der Waals surface area contributed by atoms with Crippen molar-refractivity contribution < 1.29 is 9.90 Å². The minimum absolute atomic E-state index is 0.276. The third-order valence-electron chi connectivity index (χ3n) is 2.81. The van der Waals surface area contributed by atoms with Gasteiger partial charge >= 0.3 is 5.97 Å². The Labute approximate surface area is 116 Å². The van der Waals surface area contributed by atoms with Crippen molar-refractivity contribution in [1.82, 2.24) is 9.97 Å². The number of carboxylic acids is 1. The predicted octanol–water partition coefficient (Wildman–Crippen LogP) is 2.85. The van der Waals surface area contributed by atoms with Crippen LogP contribution < -0.4 is 0 Å². The maximum Gasteiger partial charge on any atom is 0.314 e. The Morgan fingerprint density at radius 3 is 2.74 bits per heavy atom. The summed E-state index contributed by atoms with van der Waals surface area (Å²) in [6.07, 6.45) is 1.85. The van der Waals surface area contributed by atoms with Gasteiger partial charge in [0.15, 0.2) is 0 Å². The van der Waals surface area contributed by atoms with Crippen LogP contribution in [0.4, 0.5) is 0 Å². The molecule has 0 amide bonds. The van der Waals surface area contributed by atoms with Crippen LogP contribution in [0.2, 0.25) is 5.02 Å². The van der Waals surface area contributed by atoms with Gasteiger partial charge in [-0.05, 0) is 31.0 Å². The maximum atomic E-state index is 11.4. The fourth-order valence-corrected chi connectivity index (χ4v) is 2.02. The highest BCUT2D eigenvalue weighted by Gasteiger charge is 2.24. The molecule has 2 aromatic rings. The number of carbonyl (C=O) groups is 1. The van der Waals surface area contributed by atoms with E-state index in [1.54, 1.807) is 25.3 Å². The molecule has 0 fully saturated rings. The number of hydrogen-bond acceptors (Lipinski definition) is 3. The van der Waals surface area contributed by atoms with Crippen molar-refractivity contribution >= 4 is 17.6 Å². The van der Waals surface area contributed by atoms with Gasteiger partial charge in [-0.1, -0.05) is 29.8 Å². The molecule has 0 aliphatic heterocycles. The number of benzene rings is 1. The molecule has 5 heteroatoms. The molecular weight excluding hydrogens is 264 g/mol. The summed E-state index contributed by atoms with van der Waals surface area (Å²) in [5.41, 5.74) is 1.53.